The number of thiophene rings is 1. The summed E-state index contributed by atoms with van der Waals surface area (Å²) in [4.78, 5) is 5.27. The Morgan fingerprint density at radius 3 is 2.81 bits per heavy atom. The van der Waals surface area contributed by atoms with Gasteiger partial charge in [0.25, 0.3) is 0 Å². The van der Waals surface area contributed by atoms with Crippen LogP contribution in [0.3, 0.4) is 0 Å². The molecule has 9 heteroatoms. The molecule has 0 aliphatic carbocycles. The Bertz CT molecular complexity index is 1010. The van der Waals surface area contributed by atoms with Crippen LogP contribution >= 0.6 is 23.1 Å². The van der Waals surface area contributed by atoms with Gasteiger partial charge < -0.3 is 9.26 Å². The van der Waals surface area contributed by atoms with Gasteiger partial charge in [-0.2, -0.15) is 4.98 Å². The van der Waals surface area contributed by atoms with Gasteiger partial charge in [0.15, 0.2) is 16.8 Å². The van der Waals surface area contributed by atoms with E-state index >= 15 is 0 Å². The van der Waals surface area contributed by atoms with Crippen molar-refractivity contribution in [3.8, 4) is 22.1 Å². The Morgan fingerprint density at radius 1 is 1.19 bits per heavy atom. The number of thioether (sulfide) groups is 1. The van der Waals surface area contributed by atoms with Gasteiger partial charge in [0.05, 0.1) is 23.4 Å². The van der Waals surface area contributed by atoms with Crippen LogP contribution in [0.4, 0.5) is 0 Å². The van der Waals surface area contributed by atoms with E-state index in [1.54, 1.807) is 25.4 Å². The first kappa shape index (κ1) is 16.8. The number of para-hydroxylation sites is 2. The van der Waals surface area contributed by atoms with Gasteiger partial charge in [-0.05, 0) is 30.5 Å². The van der Waals surface area contributed by atoms with Crippen molar-refractivity contribution in [1.29, 1.82) is 0 Å². The van der Waals surface area contributed by atoms with Crippen LogP contribution in [0.5, 0.6) is 5.75 Å². The second-order valence-corrected chi connectivity index (χ2v) is 7.20. The fraction of sp³-hybridized carbons (Fsp3) is 0.176. The number of benzene rings is 1. The summed E-state index contributed by atoms with van der Waals surface area (Å²) in [5, 5.41) is 15.4. The van der Waals surface area contributed by atoms with Gasteiger partial charge in [0.1, 0.15) is 5.75 Å². The maximum Gasteiger partial charge on any atom is 0.237 e. The molecule has 3 heterocycles. The smallest absolute Gasteiger partial charge is 0.237 e. The first-order valence-corrected chi connectivity index (χ1v) is 9.67. The number of methoxy groups -OCH3 is 1. The average Bonchev–Trinajstić information content (AvgIpc) is 3.40. The summed E-state index contributed by atoms with van der Waals surface area (Å²) in [5.74, 6) is 3.21. The van der Waals surface area contributed by atoms with E-state index in [-0.39, 0.29) is 0 Å². The van der Waals surface area contributed by atoms with Gasteiger partial charge in [-0.3, -0.25) is 4.57 Å². The third kappa shape index (κ3) is 3.23. The molecule has 0 amide bonds. The maximum absolute atomic E-state index is 5.54. The Labute approximate surface area is 158 Å². The number of aromatic nitrogens is 5. The molecule has 4 rings (SSSR count). The zero-order valence-electron chi connectivity index (χ0n) is 14.1. The van der Waals surface area contributed by atoms with E-state index in [0.717, 1.165) is 27.3 Å². The molecule has 0 atom stereocenters. The number of nitrogens with zero attached hydrogens (tertiary/aromatic N) is 5. The maximum atomic E-state index is 5.54. The molecule has 0 saturated carbocycles. The number of hydrogen-bond acceptors (Lipinski definition) is 8. The van der Waals surface area contributed by atoms with Crippen LogP contribution in [0.25, 0.3) is 16.4 Å². The van der Waals surface area contributed by atoms with Crippen LogP contribution in [0, 0.1) is 6.92 Å². The Hall–Kier alpha value is -2.65. The summed E-state index contributed by atoms with van der Waals surface area (Å²) < 4.78 is 12.7. The second kappa shape index (κ2) is 7.30. The van der Waals surface area contributed by atoms with Crippen molar-refractivity contribution in [3.63, 3.8) is 0 Å². The Balaban J connectivity index is 1.76. The van der Waals surface area contributed by atoms with Crippen LogP contribution in [0.15, 0.2) is 51.5 Å². The van der Waals surface area contributed by atoms with Crippen molar-refractivity contribution in [2.24, 2.45) is 0 Å². The SMILES string of the molecule is COc1ccccc1-n1c(SCc2nc(C)no2)nnc1-c1cccs1. The summed E-state index contributed by atoms with van der Waals surface area (Å²) in [5.41, 5.74) is 0.882. The molecule has 0 aliphatic heterocycles. The Morgan fingerprint density at radius 2 is 2.08 bits per heavy atom. The molecular weight excluding hydrogens is 370 g/mol. The largest absolute Gasteiger partial charge is 0.495 e. The minimum atomic E-state index is 0.512. The number of ether oxygens (including phenoxy) is 1. The monoisotopic (exact) mass is 385 g/mol. The number of hydrogen-bond donors (Lipinski definition) is 0. The van der Waals surface area contributed by atoms with Gasteiger partial charge in [-0.1, -0.05) is 35.1 Å². The average molecular weight is 385 g/mol. The van der Waals surface area contributed by atoms with Crippen LogP contribution in [0.2, 0.25) is 0 Å². The van der Waals surface area contributed by atoms with E-state index in [9.17, 15) is 0 Å². The topological polar surface area (TPSA) is 78.9 Å². The molecular formula is C17H15N5O2S2. The van der Waals surface area contributed by atoms with Gasteiger partial charge in [-0.25, -0.2) is 0 Å². The summed E-state index contributed by atoms with van der Waals surface area (Å²) in [7, 11) is 1.65. The normalized spacial score (nSPS) is 11.0. The third-order valence-corrected chi connectivity index (χ3v) is 5.37. The summed E-state index contributed by atoms with van der Waals surface area (Å²) >= 11 is 3.10. The van der Waals surface area contributed by atoms with Crippen LogP contribution in [-0.2, 0) is 5.75 Å². The van der Waals surface area contributed by atoms with Crippen molar-refractivity contribution < 1.29 is 9.26 Å². The van der Waals surface area contributed by atoms with E-state index in [4.69, 9.17) is 9.26 Å². The lowest BCUT2D eigenvalue weighted by molar-refractivity contribution is 0.387. The van der Waals surface area contributed by atoms with Gasteiger partial charge in [0, 0.05) is 0 Å². The number of rotatable bonds is 6. The van der Waals surface area contributed by atoms with E-state index in [2.05, 4.69) is 20.3 Å². The van der Waals surface area contributed by atoms with E-state index in [1.807, 2.05) is 46.3 Å². The first-order chi connectivity index (χ1) is 12.8. The predicted octanol–water partition coefficient (Wildman–Crippen LogP) is 3.99. The van der Waals surface area contributed by atoms with E-state index in [0.29, 0.717) is 17.5 Å². The lowest BCUT2D eigenvalue weighted by Gasteiger charge is -2.12. The fourth-order valence-electron chi connectivity index (χ4n) is 2.49. The molecule has 0 aliphatic rings. The molecule has 0 saturated heterocycles. The summed E-state index contributed by atoms with van der Waals surface area (Å²) in [6.45, 7) is 1.80. The zero-order chi connectivity index (χ0) is 17.9. The minimum Gasteiger partial charge on any atom is -0.495 e. The van der Waals surface area contributed by atoms with Crippen molar-refractivity contribution in [2.45, 2.75) is 17.8 Å². The molecule has 26 heavy (non-hydrogen) atoms. The molecule has 0 spiro atoms. The van der Waals surface area contributed by atoms with Crippen molar-refractivity contribution in [3.05, 3.63) is 53.5 Å². The molecule has 0 unspecified atom stereocenters. The van der Waals surface area contributed by atoms with E-state index in [1.165, 1.54) is 11.8 Å². The molecule has 4 aromatic rings. The van der Waals surface area contributed by atoms with Gasteiger partial charge in [-0.15, -0.1) is 21.5 Å². The Kier molecular flexibility index (Phi) is 4.72. The summed E-state index contributed by atoms with van der Waals surface area (Å²) in [6.07, 6.45) is 0. The minimum absolute atomic E-state index is 0.512. The highest BCUT2D eigenvalue weighted by atomic mass is 32.2. The molecule has 7 nitrogen and oxygen atoms in total. The van der Waals surface area contributed by atoms with Crippen molar-refractivity contribution >= 4 is 23.1 Å². The van der Waals surface area contributed by atoms with Gasteiger partial charge >= 0.3 is 0 Å². The number of aryl methyl sites for hydroxylation is 1. The van der Waals surface area contributed by atoms with Crippen LogP contribution in [-0.4, -0.2) is 32.0 Å². The molecule has 0 radical (unpaired) electrons. The standard InChI is InChI=1S/C17H15N5O2S2/c1-11-18-15(24-21-11)10-26-17-20-19-16(14-8-5-9-25-14)22(17)12-6-3-4-7-13(12)23-2/h3-9H,10H2,1-2H3. The lowest BCUT2D eigenvalue weighted by Crippen LogP contribution is -2.01. The molecule has 1 aromatic carbocycles. The highest BCUT2D eigenvalue weighted by Gasteiger charge is 2.20. The molecule has 3 aromatic heterocycles. The van der Waals surface area contributed by atoms with E-state index < -0.39 is 0 Å². The molecule has 0 fully saturated rings. The molecule has 132 valence electrons. The highest BCUT2D eigenvalue weighted by molar-refractivity contribution is 7.98. The zero-order valence-corrected chi connectivity index (χ0v) is 15.8. The van der Waals surface area contributed by atoms with Crippen LogP contribution < -0.4 is 4.74 Å². The first-order valence-electron chi connectivity index (χ1n) is 7.81. The third-order valence-electron chi connectivity index (χ3n) is 3.60. The molecule has 0 N–H and O–H groups in total. The highest BCUT2D eigenvalue weighted by Crippen LogP contribution is 2.34. The lowest BCUT2D eigenvalue weighted by atomic mass is 10.3. The van der Waals surface area contributed by atoms with Gasteiger partial charge in [0.2, 0.25) is 5.89 Å². The quantitative estimate of drug-likeness (QED) is 0.464. The van der Waals surface area contributed by atoms with Crippen molar-refractivity contribution in [1.82, 2.24) is 24.9 Å². The molecule has 0 bridgehead atoms. The second-order valence-electron chi connectivity index (χ2n) is 5.31. The van der Waals surface area contributed by atoms with Crippen LogP contribution in [0.1, 0.15) is 11.7 Å². The summed E-state index contributed by atoms with van der Waals surface area (Å²) in [6, 6.07) is 11.8. The predicted molar refractivity (Wildman–Crippen MR) is 99.8 cm³/mol. The fourth-order valence-corrected chi connectivity index (χ4v) is 3.97. The van der Waals surface area contributed by atoms with Crippen molar-refractivity contribution in [2.75, 3.05) is 7.11 Å².